The number of aromatic nitrogens is 2. The van der Waals surface area contributed by atoms with Crippen LogP contribution in [0.1, 0.15) is 50.5 Å². The molecular formula is C11H18N2. The average molecular weight is 178 g/mol. The Morgan fingerprint density at radius 1 is 1.31 bits per heavy atom. The first kappa shape index (κ1) is 8.79. The van der Waals surface area contributed by atoms with Crippen molar-refractivity contribution in [3.63, 3.8) is 0 Å². The first-order chi connectivity index (χ1) is 6.29. The predicted octanol–water partition coefficient (Wildman–Crippen LogP) is 2.73. The number of hydrogen-bond acceptors (Lipinski definition) is 1. The van der Waals surface area contributed by atoms with Crippen LogP contribution in [0.4, 0.5) is 0 Å². The fraction of sp³-hybridized carbons (Fsp3) is 0.727. The van der Waals surface area contributed by atoms with Crippen molar-refractivity contribution in [3.05, 3.63) is 17.7 Å². The van der Waals surface area contributed by atoms with Crippen molar-refractivity contribution in [2.75, 3.05) is 0 Å². The number of hydrogen-bond donors (Lipinski definition) is 0. The molecule has 0 saturated carbocycles. The second-order valence-corrected chi connectivity index (χ2v) is 4.22. The molecule has 2 rings (SSSR count). The van der Waals surface area contributed by atoms with Crippen LogP contribution < -0.4 is 0 Å². The molecule has 0 amide bonds. The Balaban J connectivity index is 2.34. The van der Waals surface area contributed by atoms with Crippen LogP contribution in [0.25, 0.3) is 0 Å². The summed E-state index contributed by atoms with van der Waals surface area (Å²) < 4.78 is 2.43. The van der Waals surface area contributed by atoms with Gasteiger partial charge in [0, 0.05) is 24.9 Å². The Morgan fingerprint density at radius 2 is 2.15 bits per heavy atom. The van der Waals surface area contributed by atoms with E-state index in [9.17, 15) is 0 Å². The van der Waals surface area contributed by atoms with E-state index in [0.29, 0.717) is 5.92 Å². The molecule has 2 heterocycles. The summed E-state index contributed by atoms with van der Waals surface area (Å²) in [4.78, 5) is 4.50. The number of nitrogens with zero attached hydrogens (tertiary/aromatic N) is 2. The summed E-state index contributed by atoms with van der Waals surface area (Å²) in [6.07, 6.45) is 7.23. The first-order valence-electron chi connectivity index (χ1n) is 5.33. The summed E-state index contributed by atoms with van der Waals surface area (Å²) >= 11 is 0. The Hall–Kier alpha value is -0.790. The molecular weight excluding hydrogens is 160 g/mol. The molecule has 1 aromatic rings. The zero-order chi connectivity index (χ0) is 9.26. The van der Waals surface area contributed by atoms with E-state index in [1.807, 2.05) is 0 Å². The number of fused-ring (bicyclic) bond motifs is 1. The summed E-state index contributed by atoms with van der Waals surface area (Å²) in [5, 5.41) is 0. The lowest BCUT2D eigenvalue weighted by molar-refractivity contribution is 0.596. The lowest BCUT2D eigenvalue weighted by Crippen LogP contribution is -2.06. The van der Waals surface area contributed by atoms with Gasteiger partial charge in [0.05, 0.1) is 0 Å². The monoisotopic (exact) mass is 178 g/mol. The minimum atomic E-state index is 0.611. The lowest BCUT2D eigenvalue weighted by atomic mass is 10.1. The van der Waals surface area contributed by atoms with Gasteiger partial charge in [0.1, 0.15) is 5.82 Å². The van der Waals surface area contributed by atoms with E-state index in [4.69, 9.17) is 0 Å². The standard InChI is InChI=1S/C11H18N2/c1-9(2)10-8-12-11-6-4-3-5-7-13(10)11/h8-9H,3-7H2,1-2H3. The van der Waals surface area contributed by atoms with Gasteiger partial charge in [0.15, 0.2) is 0 Å². The molecule has 0 bridgehead atoms. The Morgan fingerprint density at radius 3 is 2.92 bits per heavy atom. The zero-order valence-electron chi connectivity index (χ0n) is 8.58. The van der Waals surface area contributed by atoms with Crippen molar-refractivity contribution in [1.82, 2.24) is 9.55 Å². The van der Waals surface area contributed by atoms with Crippen molar-refractivity contribution in [3.8, 4) is 0 Å². The fourth-order valence-corrected chi connectivity index (χ4v) is 2.08. The third-order valence-electron chi connectivity index (χ3n) is 2.84. The highest BCUT2D eigenvalue weighted by Gasteiger charge is 2.14. The van der Waals surface area contributed by atoms with Gasteiger partial charge in [0.2, 0.25) is 0 Å². The number of rotatable bonds is 1. The molecule has 0 fully saturated rings. The van der Waals surface area contributed by atoms with Gasteiger partial charge in [-0.3, -0.25) is 0 Å². The van der Waals surface area contributed by atoms with Crippen LogP contribution in [0.2, 0.25) is 0 Å². The lowest BCUT2D eigenvalue weighted by Gasteiger charge is -2.10. The summed E-state index contributed by atoms with van der Waals surface area (Å²) in [7, 11) is 0. The molecule has 2 heteroatoms. The van der Waals surface area contributed by atoms with E-state index in [1.54, 1.807) is 0 Å². The largest absolute Gasteiger partial charge is 0.332 e. The predicted molar refractivity (Wildman–Crippen MR) is 53.9 cm³/mol. The topological polar surface area (TPSA) is 17.8 Å². The van der Waals surface area contributed by atoms with Gasteiger partial charge in [0.25, 0.3) is 0 Å². The Bertz CT molecular complexity index is 286. The number of aryl methyl sites for hydroxylation is 1. The minimum Gasteiger partial charge on any atom is -0.332 e. The molecule has 1 aromatic heterocycles. The Kier molecular flexibility index (Phi) is 2.38. The van der Waals surface area contributed by atoms with Gasteiger partial charge in [-0.05, 0) is 18.8 Å². The molecule has 2 nitrogen and oxygen atoms in total. The highest BCUT2D eigenvalue weighted by atomic mass is 15.1. The zero-order valence-corrected chi connectivity index (χ0v) is 8.58. The maximum absolute atomic E-state index is 4.50. The normalized spacial score (nSPS) is 17.2. The summed E-state index contributed by atoms with van der Waals surface area (Å²) in [5.74, 6) is 1.92. The van der Waals surface area contributed by atoms with Gasteiger partial charge < -0.3 is 4.57 Å². The van der Waals surface area contributed by atoms with Crippen LogP contribution in [-0.2, 0) is 13.0 Å². The van der Waals surface area contributed by atoms with Crippen LogP contribution in [0.5, 0.6) is 0 Å². The van der Waals surface area contributed by atoms with E-state index in [1.165, 1.54) is 43.7 Å². The highest BCUT2D eigenvalue weighted by molar-refractivity contribution is 5.10. The van der Waals surface area contributed by atoms with Crippen LogP contribution in [0.3, 0.4) is 0 Å². The van der Waals surface area contributed by atoms with Crippen LogP contribution in [0.15, 0.2) is 6.20 Å². The molecule has 1 aliphatic rings. The second-order valence-electron chi connectivity index (χ2n) is 4.22. The smallest absolute Gasteiger partial charge is 0.108 e. The molecule has 0 N–H and O–H groups in total. The maximum Gasteiger partial charge on any atom is 0.108 e. The molecule has 72 valence electrons. The van der Waals surface area contributed by atoms with E-state index in [-0.39, 0.29) is 0 Å². The minimum absolute atomic E-state index is 0.611. The molecule has 0 aliphatic carbocycles. The Labute approximate surface area is 80.0 Å². The van der Waals surface area contributed by atoms with Gasteiger partial charge in [-0.2, -0.15) is 0 Å². The summed E-state index contributed by atoms with van der Waals surface area (Å²) in [6.45, 7) is 5.67. The summed E-state index contributed by atoms with van der Waals surface area (Å²) in [6, 6.07) is 0. The molecule has 0 saturated heterocycles. The van der Waals surface area contributed by atoms with Crippen molar-refractivity contribution < 1.29 is 0 Å². The van der Waals surface area contributed by atoms with Crippen molar-refractivity contribution >= 4 is 0 Å². The van der Waals surface area contributed by atoms with Gasteiger partial charge >= 0.3 is 0 Å². The molecule has 1 aliphatic heterocycles. The fourth-order valence-electron chi connectivity index (χ4n) is 2.08. The van der Waals surface area contributed by atoms with Crippen molar-refractivity contribution in [2.45, 2.75) is 52.0 Å². The van der Waals surface area contributed by atoms with Gasteiger partial charge in [-0.1, -0.05) is 20.3 Å². The van der Waals surface area contributed by atoms with Crippen LogP contribution in [-0.4, -0.2) is 9.55 Å². The van der Waals surface area contributed by atoms with Gasteiger partial charge in [-0.15, -0.1) is 0 Å². The molecule has 0 unspecified atom stereocenters. The maximum atomic E-state index is 4.50. The van der Waals surface area contributed by atoms with Gasteiger partial charge in [-0.25, -0.2) is 4.98 Å². The van der Waals surface area contributed by atoms with E-state index in [0.717, 1.165) is 0 Å². The molecule has 0 aromatic carbocycles. The van der Waals surface area contributed by atoms with E-state index < -0.39 is 0 Å². The first-order valence-corrected chi connectivity index (χ1v) is 5.33. The van der Waals surface area contributed by atoms with E-state index in [2.05, 4.69) is 29.6 Å². The second kappa shape index (κ2) is 3.52. The van der Waals surface area contributed by atoms with Crippen molar-refractivity contribution in [2.24, 2.45) is 0 Å². The third-order valence-corrected chi connectivity index (χ3v) is 2.84. The number of imidazole rings is 1. The quantitative estimate of drug-likeness (QED) is 0.646. The van der Waals surface area contributed by atoms with Crippen LogP contribution >= 0.6 is 0 Å². The average Bonchev–Trinajstić information content (AvgIpc) is 2.36. The van der Waals surface area contributed by atoms with Crippen molar-refractivity contribution in [1.29, 1.82) is 0 Å². The molecule has 0 radical (unpaired) electrons. The third kappa shape index (κ3) is 1.62. The van der Waals surface area contributed by atoms with E-state index >= 15 is 0 Å². The SMILES string of the molecule is CC(C)c1cnc2n1CCCCC2. The summed E-state index contributed by atoms with van der Waals surface area (Å²) in [5.41, 5.74) is 1.41. The highest BCUT2D eigenvalue weighted by Crippen LogP contribution is 2.21. The van der Waals surface area contributed by atoms with Crippen LogP contribution in [0, 0.1) is 0 Å². The molecule has 13 heavy (non-hydrogen) atoms. The molecule has 0 spiro atoms. The molecule has 0 atom stereocenters.